The molecule has 0 saturated heterocycles. The molecule has 0 atom stereocenters. The largest absolute Gasteiger partial charge is 0.265 e. The standard InChI is InChI=1S/C14H18FN3O2S/c1-14(2,3)12-9-13(18(4)16-12)17-21(19,20)11-8-6-5-7-10(11)15/h5-9,17H,1-4H3. The average molecular weight is 311 g/mol. The van der Waals surface area contributed by atoms with Crippen molar-refractivity contribution in [1.82, 2.24) is 9.78 Å². The SMILES string of the molecule is Cn1nc(C(C)(C)C)cc1NS(=O)(=O)c1ccccc1F. The molecule has 0 aliphatic rings. The van der Waals surface area contributed by atoms with Crippen LogP contribution in [0, 0.1) is 5.82 Å². The van der Waals surface area contributed by atoms with Gasteiger partial charge >= 0.3 is 0 Å². The molecule has 2 rings (SSSR count). The highest BCUT2D eigenvalue weighted by molar-refractivity contribution is 7.92. The monoisotopic (exact) mass is 311 g/mol. The summed E-state index contributed by atoms with van der Waals surface area (Å²) >= 11 is 0. The second kappa shape index (κ2) is 5.14. The van der Waals surface area contributed by atoms with Gasteiger partial charge in [0.2, 0.25) is 0 Å². The second-order valence-electron chi connectivity index (χ2n) is 5.82. The smallest absolute Gasteiger partial charge is 0.263 e. The minimum atomic E-state index is -3.98. The van der Waals surface area contributed by atoms with Crippen LogP contribution < -0.4 is 4.72 Å². The van der Waals surface area contributed by atoms with E-state index in [1.54, 1.807) is 13.1 Å². The first-order valence-electron chi connectivity index (χ1n) is 6.43. The number of nitrogens with zero attached hydrogens (tertiary/aromatic N) is 2. The molecule has 0 aliphatic heterocycles. The zero-order valence-electron chi connectivity index (χ0n) is 12.4. The normalized spacial score (nSPS) is 12.4. The Kier molecular flexibility index (Phi) is 3.79. The molecule has 1 aromatic heterocycles. The lowest BCUT2D eigenvalue weighted by molar-refractivity contribution is 0.553. The van der Waals surface area contributed by atoms with Crippen LogP contribution in [-0.4, -0.2) is 18.2 Å². The number of aromatic nitrogens is 2. The summed E-state index contributed by atoms with van der Waals surface area (Å²) in [6.07, 6.45) is 0. The van der Waals surface area contributed by atoms with E-state index in [0.717, 1.165) is 11.8 Å². The number of aryl methyl sites for hydroxylation is 1. The number of anilines is 1. The first kappa shape index (κ1) is 15.5. The molecule has 0 bridgehead atoms. The van der Waals surface area contributed by atoms with E-state index in [2.05, 4.69) is 9.82 Å². The van der Waals surface area contributed by atoms with Crippen LogP contribution in [0.5, 0.6) is 0 Å². The molecular weight excluding hydrogens is 293 g/mol. The first-order chi connectivity index (χ1) is 9.61. The highest BCUT2D eigenvalue weighted by Gasteiger charge is 2.23. The Morgan fingerprint density at radius 2 is 1.86 bits per heavy atom. The number of nitrogens with one attached hydrogen (secondary N) is 1. The molecule has 2 aromatic rings. The molecule has 0 amide bonds. The Morgan fingerprint density at radius 1 is 1.24 bits per heavy atom. The summed E-state index contributed by atoms with van der Waals surface area (Å²) in [5, 5.41) is 4.28. The third-order valence-corrected chi connectivity index (χ3v) is 4.40. The van der Waals surface area contributed by atoms with Gasteiger partial charge in [-0.05, 0) is 12.1 Å². The van der Waals surface area contributed by atoms with E-state index in [0.29, 0.717) is 5.82 Å². The highest BCUT2D eigenvalue weighted by Crippen LogP contribution is 2.25. The lowest BCUT2D eigenvalue weighted by atomic mass is 9.92. The molecule has 114 valence electrons. The molecular formula is C14H18FN3O2S. The Hall–Kier alpha value is -1.89. The van der Waals surface area contributed by atoms with Crippen molar-refractivity contribution in [3.8, 4) is 0 Å². The fourth-order valence-corrected chi connectivity index (χ4v) is 2.94. The van der Waals surface area contributed by atoms with Gasteiger partial charge in [-0.2, -0.15) is 5.10 Å². The first-order valence-corrected chi connectivity index (χ1v) is 7.91. The van der Waals surface area contributed by atoms with E-state index in [1.165, 1.54) is 22.9 Å². The quantitative estimate of drug-likeness (QED) is 0.948. The summed E-state index contributed by atoms with van der Waals surface area (Å²) < 4.78 is 41.9. The van der Waals surface area contributed by atoms with Crippen molar-refractivity contribution in [2.45, 2.75) is 31.1 Å². The van der Waals surface area contributed by atoms with E-state index in [1.807, 2.05) is 20.8 Å². The molecule has 0 saturated carbocycles. The summed E-state index contributed by atoms with van der Waals surface area (Å²) in [5.74, 6) is -0.494. The highest BCUT2D eigenvalue weighted by atomic mass is 32.2. The summed E-state index contributed by atoms with van der Waals surface area (Å²) in [6.45, 7) is 5.93. The van der Waals surface area contributed by atoms with Crippen LogP contribution in [0.15, 0.2) is 35.2 Å². The molecule has 0 aliphatic carbocycles. The number of halogens is 1. The van der Waals surface area contributed by atoms with Crippen LogP contribution in [-0.2, 0) is 22.5 Å². The van der Waals surface area contributed by atoms with Gasteiger partial charge in [0.15, 0.2) is 0 Å². The molecule has 0 spiro atoms. The Bertz CT molecular complexity index is 761. The van der Waals surface area contributed by atoms with Crippen LogP contribution in [0.4, 0.5) is 10.2 Å². The second-order valence-corrected chi connectivity index (χ2v) is 7.48. The molecule has 21 heavy (non-hydrogen) atoms. The van der Waals surface area contributed by atoms with Gasteiger partial charge in [0.1, 0.15) is 16.5 Å². The van der Waals surface area contributed by atoms with Gasteiger partial charge in [-0.1, -0.05) is 32.9 Å². The number of benzene rings is 1. The molecule has 0 unspecified atom stereocenters. The number of sulfonamides is 1. The molecule has 1 heterocycles. The summed E-state index contributed by atoms with van der Waals surface area (Å²) in [6, 6.07) is 6.90. The van der Waals surface area contributed by atoms with E-state index >= 15 is 0 Å². The third-order valence-electron chi connectivity index (χ3n) is 3.01. The summed E-state index contributed by atoms with van der Waals surface area (Å²) in [5.41, 5.74) is 0.538. The van der Waals surface area contributed by atoms with Crippen molar-refractivity contribution in [3.63, 3.8) is 0 Å². The van der Waals surface area contributed by atoms with Gasteiger partial charge < -0.3 is 0 Å². The lowest BCUT2D eigenvalue weighted by Gasteiger charge is -2.13. The van der Waals surface area contributed by atoms with Crippen LogP contribution >= 0.6 is 0 Å². The van der Waals surface area contributed by atoms with Crippen molar-refractivity contribution in [2.75, 3.05) is 4.72 Å². The fourth-order valence-electron chi connectivity index (χ4n) is 1.78. The minimum absolute atomic E-state index is 0.209. The van der Waals surface area contributed by atoms with Gasteiger partial charge in [0, 0.05) is 18.5 Å². The maximum absolute atomic E-state index is 13.6. The van der Waals surface area contributed by atoms with Gasteiger partial charge in [-0.15, -0.1) is 0 Å². The summed E-state index contributed by atoms with van der Waals surface area (Å²) in [4.78, 5) is -0.386. The van der Waals surface area contributed by atoms with Crippen LogP contribution in [0.2, 0.25) is 0 Å². The summed E-state index contributed by atoms with van der Waals surface area (Å²) in [7, 11) is -2.35. The van der Waals surface area contributed by atoms with E-state index < -0.39 is 15.8 Å². The van der Waals surface area contributed by atoms with Crippen LogP contribution in [0.1, 0.15) is 26.5 Å². The van der Waals surface area contributed by atoms with Crippen molar-refractivity contribution in [3.05, 3.63) is 41.8 Å². The number of hydrogen-bond donors (Lipinski definition) is 1. The Morgan fingerprint density at radius 3 is 2.38 bits per heavy atom. The third kappa shape index (κ3) is 3.24. The molecule has 0 fully saturated rings. The van der Waals surface area contributed by atoms with Crippen molar-refractivity contribution < 1.29 is 12.8 Å². The van der Waals surface area contributed by atoms with Crippen molar-refractivity contribution >= 4 is 15.8 Å². The van der Waals surface area contributed by atoms with Crippen molar-refractivity contribution in [1.29, 1.82) is 0 Å². The van der Waals surface area contributed by atoms with E-state index in [9.17, 15) is 12.8 Å². The van der Waals surface area contributed by atoms with Crippen LogP contribution in [0.25, 0.3) is 0 Å². The lowest BCUT2D eigenvalue weighted by Crippen LogP contribution is -2.16. The predicted octanol–water partition coefficient (Wildman–Crippen LogP) is 2.66. The molecule has 7 heteroatoms. The van der Waals surface area contributed by atoms with E-state index in [-0.39, 0.29) is 10.3 Å². The average Bonchev–Trinajstić information content (AvgIpc) is 2.70. The topological polar surface area (TPSA) is 64.0 Å². The Balaban J connectivity index is 2.38. The van der Waals surface area contributed by atoms with Gasteiger partial charge in [0.25, 0.3) is 10.0 Å². The molecule has 1 aromatic carbocycles. The fraction of sp³-hybridized carbons (Fsp3) is 0.357. The van der Waals surface area contributed by atoms with Gasteiger partial charge in [-0.25, -0.2) is 12.8 Å². The maximum atomic E-state index is 13.6. The minimum Gasteiger partial charge on any atom is -0.263 e. The van der Waals surface area contributed by atoms with Crippen molar-refractivity contribution in [2.24, 2.45) is 7.05 Å². The van der Waals surface area contributed by atoms with Gasteiger partial charge in [0.05, 0.1) is 5.69 Å². The maximum Gasteiger partial charge on any atom is 0.265 e. The molecule has 1 N–H and O–H groups in total. The van der Waals surface area contributed by atoms with Crippen LogP contribution in [0.3, 0.4) is 0 Å². The predicted molar refractivity (Wildman–Crippen MR) is 79.1 cm³/mol. The number of hydrogen-bond acceptors (Lipinski definition) is 3. The number of rotatable bonds is 3. The van der Waals surface area contributed by atoms with E-state index in [4.69, 9.17) is 0 Å². The zero-order valence-corrected chi connectivity index (χ0v) is 13.2. The molecule has 5 nitrogen and oxygen atoms in total. The zero-order chi connectivity index (χ0) is 15.8. The Labute approximate surface area is 123 Å². The van der Waals surface area contributed by atoms with Gasteiger partial charge in [-0.3, -0.25) is 9.40 Å². The molecule has 0 radical (unpaired) electrons.